The van der Waals surface area contributed by atoms with Crippen LogP contribution in [0.2, 0.25) is 0 Å². The first kappa shape index (κ1) is 17.4. The molecule has 0 unspecified atom stereocenters. The summed E-state index contributed by atoms with van der Waals surface area (Å²) >= 11 is 0. The molecule has 0 radical (unpaired) electrons. The molecule has 0 aliphatic heterocycles. The Balaban J connectivity index is 2.15. The van der Waals surface area contributed by atoms with E-state index >= 15 is 0 Å². The lowest BCUT2D eigenvalue weighted by Crippen LogP contribution is -2.29. The van der Waals surface area contributed by atoms with Crippen LogP contribution in [0.5, 0.6) is 5.75 Å². The number of benzene rings is 1. The SMILES string of the molecule is CCCOc1cccc(CN(Cc2ccccn2)S(C)(=O)=O)c1. The van der Waals surface area contributed by atoms with Gasteiger partial charge in [-0.15, -0.1) is 0 Å². The molecule has 2 rings (SSSR count). The summed E-state index contributed by atoms with van der Waals surface area (Å²) in [7, 11) is -3.34. The maximum Gasteiger partial charge on any atom is 0.211 e. The van der Waals surface area contributed by atoms with Gasteiger partial charge in [-0.2, -0.15) is 4.31 Å². The molecule has 0 saturated carbocycles. The summed E-state index contributed by atoms with van der Waals surface area (Å²) in [6.07, 6.45) is 3.81. The van der Waals surface area contributed by atoms with Gasteiger partial charge in [0.05, 0.1) is 25.1 Å². The van der Waals surface area contributed by atoms with E-state index in [4.69, 9.17) is 4.74 Å². The second-order valence-corrected chi connectivity index (χ2v) is 7.33. The monoisotopic (exact) mass is 334 g/mol. The lowest BCUT2D eigenvalue weighted by atomic mass is 10.2. The highest BCUT2D eigenvalue weighted by atomic mass is 32.2. The molecule has 6 heteroatoms. The Morgan fingerprint density at radius 3 is 2.61 bits per heavy atom. The van der Waals surface area contributed by atoms with Gasteiger partial charge in [-0.3, -0.25) is 4.98 Å². The third-order valence-corrected chi connectivity index (χ3v) is 4.46. The third-order valence-electron chi connectivity index (χ3n) is 3.26. The normalized spacial score (nSPS) is 11.6. The molecule has 124 valence electrons. The van der Waals surface area contributed by atoms with Crippen LogP contribution in [0.4, 0.5) is 0 Å². The number of aromatic nitrogens is 1. The van der Waals surface area contributed by atoms with Crippen LogP contribution in [-0.2, 0) is 23.1 Å². The molecule has 0 aliphatic carbocycles. The van der Waals surface area contributed by atoms with E-state index in [0.29, 0.717) is 13.2 Å². The molecule has 0 aliphatic rings. The fraction of sp³-hybridized carbons (Fsp3) is 0.353. The predicted octanol–water partition coefficient (Wildman–Crippen LogP) is 2.83. The first-order chi connectivity index (χ1) is 11.0. The number of hydrogen-bond acceptors (Lipinski definition) is 4. The first-order valence-corrected chi connectivity index (χ1v) is 9.40. The van der Waals surface area contributed by atoms with E-state index in [0.717, 1.165) is 23.4 Å². The Bertz CT molecular complexity index is 718. The number of pyridine rings is 1. The highest BCUT2D eigenvalue weighted by molar-refractivity contribution is 7.88. The molecule has 0 bridgehead atoms. The number of rotatable bonds is 8. The average molecular weight is 334 g/mol. The van der Waals surface area contributed by atoms with Gasteiger partial charge in [0.25, 0.3) is 0 Å². The van der Waals surface area contributed by atoms with E-state index in [1.165, 1.54) is 10.6 Å². The van der Waals surface area contributed by atoms with E-state index in [9.17, 15) is 8.42 Å². The van der Waals surface area contributed by atoms with Crippen molar-refractivity contribution >= 4 is 10.0 Å². The summed E-state index contributed by atoms with van der Waals surface area (Å²) in [6, 6.07) is 13.0. The molecule has 5 nitrogen and oxygen atoms in total. The summed E-state index contributed by atoms with van der Waals surface area (Å²) in [5.74, 6) is 0.760. The molecule has 2 aromatic rings. The van der Waals surface area contributed by atoms with Gasteiger partial charge < -0.3 is 4.74 Å². The van der Waals surface area contributed by atoms with Crippen molar-refractivity contribution in [2.75, 3.05) is 12.9 Å². The lowest BCUT2D eigenvalue weighted by Gasteiger charge is -2.20. The predicted molar refractivity (Wildman–Crippen MR) is 90.6 cm³/mol. The second-order valence-electron chi connectivity index (χ2n) is 5.35. The molecule has 0 atom stereocenters. The van der Waals surface area contributed by atoms with Crippen molar-refractivity contribution in [3.8, 4) is 5.75 Å². The highest BCUT2D eigenvalue weighted by Crippen LogP contribution is 2.17. The topological polar surface area (TPSA) is 59.5 Å². The van der Waals surface area contributed by atoms with Crippen molar-refractivity contribution in [2.45, 2.75) is 26.4 Å². The first-order valence-electron chi connectivity index (χ1n) is 7.56. The van der Waals surface area contributed by atoms with E-state index < -0.39 is 10.0 Å². The second kappa shape index (κ2) is 8.08. The summed E-state index contributed by atoms with van der Waals surface area (Å²) in [6.45, 7) is 3.23. The minimum absolute atomic E-state index is 0.250. The Morgan fingerprint density at radius 1 is 1.13 bits per heavy atom. The molecule has 0 fully saturated rings. The number of sulfonamides is 1. The Labute approximate surface area is 138 Å². The summed E-state index contributed by atoms with van der Waals surface area (Å²) in [4.78, 5) is 4.20. The van der Waals surface area contributed by atoms with Crippen LogP contribution >= 0.6 is 0 Å². The average Bonchev–Trinajstić information content (AvgIpc) is 2.53. The van der Waals surface area contributed by atoms with E-state index in [1.807, 2.05) is 49.4 Å². The van der Waals surface area contributed by atoms with Gasteiger partial charge in [-0.25, -0.2) is 8.42 Å². The lowest BCUT2D eigenvalue weighted by molar-refractivity contribution is 0.316. The van der Waals surface area contributed by atoms with Gasteiger partial charge in [0.2, 0.25) is 10.0 Å². The molecule has 0 amide bonds. The molecule has 23 heavy (non-hydrogen) atoms. The largest absolute Gasteiger partial charge is 0.494 e. The summed E-state index contributed by atoms with van der Waals surface area (Å²) in [5, 5.41) is 0. The zero-order valence-electron chi connectivity index (χ0n) is 13.5. The molecule has 1 heterocycles. The molecular weight excluding hydrogens is 312 g/mol. The fourth-order valence-electron chi connectivity index (χ4n) is 2.12. The van der Waals surface area contributed by atoms with Gasteiger partial charge >= 0.3 is 0 Å². The van der Waals surface area contributed by atoms with Crippen LogP contribution < -0.4 is 4.74 Å². The summed E-state index contributed by atoms with van der Waals surface area (Å²) in [5.41, 5.74) is 1.61. The molecule has 0 saturated heterocycles. The minimum Gasteiger partial charge on any atom is -0.494 e. The van der Waals surface area contributed by atoms with Crippen LogP contribution in [0.1, 0.15) is 24.6 Å². The number of hydrogen-bond donors (Lipinski definition) is 0. The Morgan fingerprint density at radius 2 is 1.96 bits per heavy atom. The van der Waals surface area contributed by atoms with Gasteiger partial charge in [0, 0.05) is 12.7 Å². The van der Waals surface area contributed by atoms with Crippen molar-refractivity contribution < 1.29 is 13.2 Å². The van der Waals surface area contributed by atoms with Crippen LogP contribution in [0.25, 0.3) is 0 Å². The van der Waals surface area contributed by atoms with Gasteiger partial charge in [-0.1, -0.05) is 25.1 Å². The summed E-state index contributed by atoms with van der Waals surface area (Å²) < 4.78 is 31.1. The van der Waals surface area contributed by atoms with Gasteiger partial charge in [0.1, 0.15) is 5.75 Å². The Hall–Kier alpha value is -1.92. The Kier molecular flexibility index (Phi) is 6.12. The maximum atomic E-state index is 12.1. The van der Waals surface area contributed by atoms with E-state index in [2.05, 4.69) is 4.98 Å². The molecule has 0 N–H and O–H groups in total. The third kappa shape index (κ3) is 5.65. The smallest absolute Gasteiger partial charge is 0.211 e. The van der Waals surface area contributed by atoms with Crippen LogP contribution in [0.15, 0.2) is 48.7 Å². The fourth-order valence-corrected chi connectivity index (χ4v) is 2.87. The quantitative estimate of drug-likeness (QED) is 0.745. The van der Waals surface area contributed by atoms with Gasteiger partial charge in [0.15, 0.2) is 0 Å². The van der Waals surface area contributed by atoms with Crippen molar-refractivity contribution in [2.24, 2.45) is 0 Å². The molecule has 0 spiro atoms. The molecule has 1 aromatic carbocycles. The molecule has 1 aromatic heterocycles. The zero-order valence-corrected chi connectivity index (χ0v) is 14.3. The minimum atomic E-state index is -3.34. The van der Waals surface area contributed by atoms with E-state index in [-0.39, 0.29) is 6.54 Å². The van der Waals surface area contributed by atoms with Crippen molar-refractivity contribution in [3.05, 3.63) is 59.9 Å². The van der Waals surface area contributed by atoms with Crippen molar-refractivity contribution in [1.29, 1.82) is 0 Å². The van der Waals surface area contributed by atoms with Crippen molar-refractivity contribution in [3.63, 3.8) is 0 Å². The van der Waals surface area contributed by atoms with Crippen LogP contribution in [0.3, 0.4) is 0 Å². The van der Waals surface area contributed by atoms with Crippen molar-refractivity contribution in [1.82, 2.24) is 9.29 Å². The van der Waals surface area contributed by atoms with E-state index in [1.54, 1.807) is 6.20 Å². The van der Waals surface area contributed by atoms with Crippen LogP contribution in [0, 0.1) is 0 Å². The highest BCUT2D eigenvalue weighted by Gasteiger charge is 2.18. The van der Waals surface area contributed by atoms with Gasteiger partial charge in [-0.05, 0) is 36.2 Å². The maximum absolute atomic E-state index is 12.1. The number of ether oxygens (including phenoxy) is 1. The molecular formula is C17H22N2O3S. The number of nitrogens with zero attached hydrogens (tertiary/aromatic N) is 2. The zero-order chi connectivity index (χ0) is 16.7. The van der Waals surface area contributed by atoms with Crippen LogP contribution in [-0.4, -0.2) is 30.6 Å². The standard InChI is InChI=1S/C17H22N2O3S/c1-3-11-22-17-9-6-7-15(12-17)13-19(23(2,20)21)14-16-8-4-5-10-18-16/h4-10,12H,3,11,13-14H2,1-2H3.